The van der Waals surface area contributed by atoms with Crippen LogP contribution in [0.3, 0.4) is 0 Å². The van der Waals surface area contributed by atoms with Crippen molar-refractivity contribution in [2.45, 2.75) is 45.3 Å². The molecule has 4 rings (SSSR count). The fourth-order valence-corrected chi connectivity index (χ4v) is 4.39. The molecule has 31 heavy (non-hydrogen) atoms. The molecule has 2 aliphatic rings. The van der Waals surface area contributed by atoms with Gasteiger partial charge in [0.15, 0.2) is 5.78 Å². The quantitative estimate of drug-likeness (QED) is 0.421. The van der Waals surface area contributed by atoms with Gasteiger partial charge in [-0.1, -0.05) is 32.3 Å². The first kappa shape index (κ1) is 21.2. The third-order valence-electron chi connectivity index (χ3n) is 6.11. The number of nitrogens with zero attached hydrogens (tertiary/aromatic N) is 1. The predicted molar refractivity (Wildman–Crippen MR) is 130 cm³/mol. The van der Waals surface area contributed by atoms with Gasteiger partial charge in [-0.25, -0.2) is 0 Å². The number of aliphatic imine (C=N–C) groups is 1. The van der Waals surface area contributed by atoms with Gasteiger partial charge in [-0.15, -0.1) is 0 Å². The summed E-state index contributed by atoms with van der Waals surface area (Å²) < 4.78 is 5.93. The molecule has 158 valence electrons. The summed E-state index contributed by atoms with van der Waals surface area (Å²) in [6.07, 6.45) is 14.7. The number of aromatic nitrogens is 1. The molecule has 1 N–H and O–H groups in total. The zero-order chi connectivity index (χ0) is 22.0. The van der Waals surface area contributed by atoms with E-state index in [1.54, 1.807) is 12.4 Å². The van der Waals surface area contributed by atoms with E-state index in [1.165, 1.54) is 0 Å². The number of aromatic amines is 1. The Labute approximate surface area is 185 Å². The van der Waals surface area contributed by atoms with Crippen LogP contribution in [0.5, 0.6) is 5.75 Å². The molecule has 0 unspecified atom stereocenters. The van der Waals surface area contributed by atoms with Crippen LogP contribution in [-0.2, 0) is 11.8 Å². The van der Waals surface area contributed by atoms with Crippen molar-refractivity contribution in [3.63, 3.8) is 0 Å². The normalized spacial score (nSPS) is 16.7. The van der Waals surface area contributed by atoms with Gasteiger partial charge in [0.25, 0.3) is 0 Å². The molecular formula is C26H29BN2O2. The molecule has 0 fully saturated rings. The lowest BCUT2D eigenvalue weighted by Crippen LogP contribution is -2.30. The third-order valence-corrected chi connectivity index (χ3v) is 6.11. The Morgan fingerprint density at radius 2 is 2.16 bits per heavy atom. The van der Waals surface area contributed by atoms with E-state index < -0.39 is 0 Å². The fourth-order valence-electron chi connectivity index (χ4n) is 4.39. The highest BCUT2D eigenvalue weighted by molar-refractivity contribution is 6.14. The van der Waals surface area contributed by atoms with E-state index in [4.69, 9.17) is 4.74 Å². The maximum atomic E-state index is 13.6. The van der Waals surface area contributed by atoms with Gasteiger partial charge < -0.3 is 9.72 Å². The van der Waals surface area contributed by atoms with Crippen molar-refractivity contribution >= 4 is 25.9 Å². The topological polar surface area (TPSA) is 54.5 Å². The van der Waals surface area contributed by atoms with Crippen molar-refractivity contribution in [1.29, 1.82) is 0 Å². The van der Waals surface area contributed by atoms with Crippen LogP contribution < -0.4 is 4.74 Å². The lowest BCUT2D eigenvalue weighted by atomic mass is 9.71. The minimum atomic E-state index is -0.324. The number of hydrogen-bond donors (Lipinski definition) is 1. The smallest absolute Gasteiger partial charge is 0.195 e. The predicted octanol–water partition coefficient (Wildman–Crippen LogP) is 4.81. The number of fused-ring (bicyclic) bond motifs is 4. The fraction of sp³-hybridized carbons (Fsp3) is 0.308. The van der Waals surface area contributed by atoms with Gasteiger partial charge in [0, 0.05) is 40.3 Å². The Morgan fingerprint density at radius 1 is 1.32 bits per heavy atom. The van der Waals surface area contributed by atoms with Crippen LogP contribution in [0.15, 0.2) is 53.2 Å². The molecule has 2 aliphatic carbocycles. The van der Waals surface area contributed by atoms with Gasteiger partial charge in [-0.2, -0.15) is 0 Å². The number of rotatable bonds is 6. The Bertz CT molecular complexity index is 1130. The summed E-state index contributed by atoms with van der Waals surface area (Å²) >= 11 is 0. The number of ether oxygens (including phenoxy) is 1. The largest absolute Gasteiger partial charge is 0.494 e. The van der Waals surface area contributed by atoms with Crippen molar-refractivity contribution in [2.75, 3.05) is 6.61 Å². The Morgan fingerprint density at radius 3 is 2.94 bits per heavy atom. The van der Waals surface area contributed by atoms with Crippen LogP contribution in [0.4, 0.5) is 0 Å². The highest BCUT2D eigenvalue weighted by Gasteiger charge is 2.40. The van der Waals surface area contributed by atoms with Crippen LogP contribution in [0, 0.1) is 0 Å². The second kappa shape index (κ2) is 8.58. The second-order valence-electron chi connectivity index (χ2n) is 8.60. The molecule has 1 aromatic carbocycles. The molecule has 0 bridgehead atoms. The third kappa shape index (κ3) is 3.85. The zero-order valence-electron chi connectivity index (χ0n) is 18.8. The van der Waals surface area contributed by atoms with Crippen molar-refractivity contribution in [3.05, 3.63) is 81.8 Å². The maximum Gasteiger partial charge on any atom is 0.195 e. The Hall–Kier alpha value is -3.08. The van der Waals surface area contributed by atoms with Crippen LogP contribution in [0.2, 0.25) is 6.32 Å². The van der Waals surface area contributed by atoms with Crippen molar-refractivity contribution in [3.8, 4) is 5.75 Å². The van der Waals surface area contributed by atoms with Crippen LogP contribution in [0.1, 0.15) is 65.6 Å². The van der Waals surface area contributed by atoms with E-state index in [0.717, 1.165) is 64.1 Å². The van der Waals surface area contributed by atoms with Crippen molar-refractivity contribution < 1.29 is 9.53 Å². The molecule has 0 saturated heterocycles. The molecule has 0 radical (unpaired) electrons. The van der Waals surface area contributed by atoms with Gasteiger partial charge in [0.05, 0.1) is 6.61 Å². The van der Waals surface area contributed by atoms with E-state index in [1.807, 2.05) is 31.2 Å². The highest BCUT2D eigenvalue weighted by Crippen LogP contribution is 2.44. The standard InChI is InChI=1S/C26H29BN2O2/c1-4-28-13-11-17-7-5-8-20-22(15-17)29-25-23(20)24(30)19-10-9-18(31-14-6-12-27)16-21(19)26(25,2)3/h4-5,7,9-11,13,15-16,29H,6,8,12,14,27H2,1-3H3/b13-11+,28-4-. The summed E-state index contributed by atoms with van der Waals surface area (Å²) in [7, 11) is 2.15. The molecule has 0 atom stereocenters. The lowest BCUT2D eigenvalue weighted by molar-refractivity contribution is 0.103. The minimum absolute atomic E-state index is 0.0957. The van der Waals surface area contributed by atoms with Gasteiger partial charge in [0.1, 0.15) is 13.6 Å². The number of benzene rings is 1. The molecule has 1 heterocycles. The zero-order valence-corrected chi connectivity index (χ0v) is 18.8. The van der Waals surface area contributed by atoms with Crippen LogP contribution >= 0.6 is 0 Å². The Kier molecular flexibility index (Phi) is 5.86. The van der Waals surface area contributed by atoms with E-state index >= 15 is 0 Å². The van der Waals surface area contributed by atoms with Gasteiger partial charge in [-0.05, 0) is 66.8 Å². The monoisotopic (exact) mass is 412 g/mol. The minimum Gasteiger partial charge on any atom is -0.494 e. The van der Waals surface area contributed by atoms with Gasteiger partial charge in [-0.3, -0.25) is 9.79 Å². The summed E-state index contributed by atoms with van der Waals surface area (Å²) in [5.41, 5.74) is 6.41. The molecule has 2 aromatic rings. The first-order chi connectivity index (χ1) is 15.0. The maximum absolute atomic E-state index is 13.6. The highest BCUT2D eigenvalue weighted by atomic mass is 16.5. The molecule has 1 aromatic heterocycles. The van der Waals surface area contributed by atoms with E-state index in [0.29, 0.717) is 6.61 Å². The first-order valence-electron chi connectivity index (χ1n) is 11.1. The molecule has 0 aliphatic heterocycles. The average Bonchev–Trinajstić information content (AvgIpc) is 3.00. The number of ketones is 1. The van der Waals surface area contributed by atoms with Crippen molar-refractivity contribution in [1.82, 2.24) is 4.98 Å². The average molecular weight is 412 g/mol. The molecular weight excluding hydrogens is 383 g/mol. The Balaban J connectivity index is 1.77. The molecule has 0 saturated carbocycles. The van der Waals surface area contributed by atoms with Crippen LogP contribution in [-0.4, -0.2) is 31.4 Å². The van der Waals surface area contributed by atoms with E-state index in [-0.39, 0.29) is 11.2 Å². The molecule has 4 nitrogen and oxygen atoms in total. The first-order valence-corrected chi connectivity index (χ1v) is 11.1. The molecule has 0 amide bonds. The van der Waals surface area contributed by atoms with Crippen molar-refractivity contribution in [2.24, 2.45) is 4.99 Å². The number of nitrogens with one attached hydrogen (secondary N) is 1. The number of hydrogen-bond acceptors (Lipinski definition) is 3. The summed E-state index contributed by atoms with van der Waals surface area (Å²) in [6.45, 7) is 6.95. The molecule has 5 heteroatoms. The molecule has 0 spiro atoms. The van der Waals surface area contributed by atoms with E-state index in [2.05, 4.69) is 49.9 Å². The number of H-pyrrole nitrogens is 1. The lowest BCUT2D eigenvalue weighted by Gasteiger charge is -2.32. The summed E-state index contributed by atoms with van der Waals surface area (Å²) in [4.78, 5) is 21.3. The number of allylic oxidation sites excluding steroid dienone is 4. The van der Waals surface area contributed by atoms with Gasteiger partial charge >= 0.3 is 0 Å². The number of carbonyl (C=O) groups is 1. The summed E-state index contributed by atoms with van der Waals surface area (Å²) in [5, 5.41) is 0. The summed E-state index contributed by atoms with van der Waals surface area (Å²) in [5.74, 6) is 0.926. The second-order valence-corrected chi connectivity index (χ2v) is 8.60. The number of carbonyl (C=O) groups excluding carboxylic acids is 1. The summed E-state index contributed by atoms with van der Waals surface area (Å²) in [6, 6.07) is 5.91. The van der Waals surface area contributed by atoms with Crippen LogP contribution in [0.25, 0.3) is 6.08 Å². The SMILES string of the molecule is BCCCOc1ccc2c(c1)C(C)(C)c1[nH]c3c(c1C2=O)CC=CC(/C=C/N=C\C)=C3. The van der Waals surface area contributed by atoms with Gasteiger partial charge in [0.2, 0.25) is 0 Å². The van der Waals surface area contributed by atoms with E-state index in [9.17, 15) is 4.79 Å².